The van der Waals surface area contributed by atoms with Crippen LogP contribution in [0.25, 0.3) is 0 Å². The van der Waals surface area contributed by atoms with Crippen LogP contribution < -0.4 is 15.2 Å². The van der Waals surface area contributed by atoms with Crippen molar-refractivity contribution >= 4 is 11.6 Å². The molecule has 1 aromatic rings. The largest absolute Gasteiger partial charge is 0.493 e. The van der Waals surface area contributed by atoms with Gasteiger partial charge in [0.2, 0.25) is 0 Å². The molecule has 20 heavy (non-hydrogen) atoms. The molecule has 0 radical (unpaired) electrons. The summed E-state index contributed by atoms with van der Waals surface area (Å²) in [7, 11) is 1.63. The van der Waals surface area contributed by atoms with Gasteiger partial charge in [-0.1, -0.05) is 38.3 Å². The highest BCUT2D eigenvalue weighted by molar-refractivity contribution is 6.32. The summed E-state index contributed by atoms with van der Waals surface area (Å²) in [6, 6.07) is 3.96. The van der Waals surface area contributed by atoms with E-state index in [9.17, 15) is 0 Å². The fourth-order valence-electron chi connectivity index (χ4n) is 2.13. The quantitative estimate of drug-likeness (QED) is 0.787. The Morgan fingerprint density at radius 2 is 1.90 bits per heavy atom. The van der Waals surface area contributed by atoms with Gasteiger partial charge in [-0.2, -0.15) is 0 Å². The first-order chi connectivity index (χ1) is 9.51. The number of ether oxygens (including phenoxy) is 2. The molecule has 0 heterocycles. The maximum Gasteiger partial charge on any atom is 0.179 e. The Balaban J connectivity index is 2.89. The second kappa shape index (κ2) is 8.38. The van der Waals surface area contributed by atoms with Crippen molar-refractivity contribution < 1.29 is 9.47 Å². The highest BCUT2D eigenvalue weighted by Gasteiger charge is 2.14. The van der Waals surface area contributed by atoms with Gasteiger partial charge in [-0.05, 0) is 37.0 Å². The highest BCUT2D eigenvalue weighted by atomic mass is 35.5. The number of halogens is 1. The lowest BCUT2D eigenvalue weighted by Gasteiger charge is -2.18. The maximum atomic E-state index is 6.32. The van der Waals surface area contributed by atoms with Crippen molar-refractivity contribution in [1.29, 1.82) is 0 Å². The number of nitrogens with two attached hydrogens (primary N) is 1. The van der Waals surface area contributed by atoms with Gasteiger partial charge in [0.15, 0.2) is 11.5 Å². The molecule has 0 saturated heterocycles. The molecule has 2 N–H and O–H groups in total. The molecule has 1 atom stereocenters. The Labute approximate surface area is 127 Å². The highest BCUT2D eigenvalue weighted by Crippen LogP contribution is 2.37. The van der Waals surface area contributed by atoms with Gasteiger partial charge in [-0.3, -0.25) is 0 Å². The fourth-order valence-corrected chi connectivity index (χ4v) is 2.42. The molecule has 0 aliphatic rings. The second-order valence-electron chi connectivity index (χ2n) is 5.28. The SMILES string of the molecule is CCC(CC)COc1c(Cl)cc(CC(C)N)cc1OC. The monoisotopic (exact) mass is 299 g/mol. The van der Waals surface area contributed by atoms with E-state index in [0.717, 1.165) is 24.8 Å². The predicted molar refractivity (Wildman–Crippen MR) is 84.9 cm³/mol. The van der Waals surface area contributed by atoms with E-state index in [1.54, 1.807) is 7.11 Å². The van der Waals surface area contributed by atoms with Crippen LogP contribution in [0.5, 0.6) is 11.5 Å². The molecule has 1 unspecified atom stereocenters. The van der Waals surface area contributed by atoms with E-state index in [1.165, 1.54) is 0 Å². The summed E-state index contributed by atoms with van der Waals surface area (Å²) in [5.41, 5.74) is 6.89. The standard InChI is InChI=1S/C16H26ClNO2/c1-5-12(6-2)10-20-16-14(17)8-13(7-11(3)18)9-15(16)19-4/h8-9,11-12H,5-7,10,18H2,1-4H3. The Morgan fingerprint density at radius 1 is 1.25 bits per heavy atom. The van der Waals surface area contributed by atoms with E-state index < -0.39 is 0 Å². The van der Waals surface area contributed by atoms with Gasteiger partial charge < -0.3 is 15.2 Å². The molecule has 3 nitrogen and oxygen atoms in total. The molecular formula is C16H26ClNO2. The van der Waals surface area contributed by atoms with E-state index >= 15 is 0 Å². The van der Waals surface area contributed by atoms with Crippen LogP contribution >= 0.6 is 11.6 Å². The predicted octanol–water partition coefficient (Wildman–Crippen LogP) is 4.05. The van der Waals surface area contributed by atoms with Crippen LogP contribution in [0.1, 0.15) is 39.2 Å². The Morgan fingerprint density at radius 3 is 2.40 bits per heavy atom. The molecular weight excluding hydrogens is 274 g/mol. The molecule has 4 heteroatoms. The van der Waals surface area contributed by atoms with Crippen molar-refractivity contribution in [3.05, 3.63) is 22.7 Å². The van der Waals surface area contributed by atoms with Crippen molar-refractivity contribution in [3.8, 4) is 11.5 Å². The van der Waals surface area contributed by atoms with Gasteiger partial charge in [0.05, 0.1) is 18.7 Å². The molecule has 0 aliphatic heterocycles. The van der Waals surface area contributed by atoms with Gasteiger partial charge in [-0.25, -0.2) is 0 Å². The van der Waals surface area contributed by atoms with Gasteiger partial charge in [0, 0.05) is 6.04 Å². The van der Waals surface area contributed by atoms with Gasteiger partial charge in [-0.15, -0.1) is 0 Å². The van der Waals surface area contributed by atoms with Crippen molar-refractivity contribution in [1.82, 2.24) is 0 Å². The summed E-state index contributed by atoms with van der Waals surface area (Å²) >= 11 is 6.32. The van der Waals surface area contributed by atoms with E-state index in [1.807, 2.05) is 19.1 Å². The third-order valence-electron chi connectivity index (χ3n) is 3.46. The molecule has 1 aromatic carbocycles. The lowest BCUT2D eigenvalue weighted by molar-refractivity contribution is 0.230. The van der Waals surface area contributed by atoms with Gasteiger partial charge in [0.1, 0.15) is 0 Å². The third-order valence-corrected chi connectivity index (χ3v) is 3.75. The minimum Gasteiger partial charge on any atom is -0.493 e. The number of rotatable bonds is 8. The van der Waals surface area contributed by atoms with Gasteiger partial charge >= 0.3 is 0 Å². The average Bonchev–Trinajstić information content (AvgIpc) is 2.40. The number of hydrogen-bond acceptors (Lipinski definition) is 3. The van der Waals surface area contributed by atoms with Crippen LogP contribution in [0.3, 0.4) is 0 Å². The molecule has 0 bridgehead atoms. The summed E-state index contributed by atoms with van der Waals surface area (Å²) in [5, 5.41) is 0.589. The Hall–Kier alpha value is -0.930. The summed E-state index contributed by atoms with van der Waals surface area (Å²) in [6.45, 7) is 6.97. The van der Waals surface area contributed by atoms with Crippen molar-refractivity contribution in [3.63, 3.8) is 0 Å². The summed E-state index contributed by atoms with van der Waals surface area (Å²) < 4.78 is 11.3. The maximum absolute atomic E-state index is 6.32. The van der Waals surface area contributed by atoms with Crippen LogP contribution in [0.2, 0.25) is 5.02 Å². The minimum absolute atomic E-state index is 0.0899. The molecule has 1 rings (SSSR count). The average molecular weight is 300 g/mol. The summed E-state index contributed by atoms with van der Waals surface area (Å²) in [5.74, 6) is 1.85. The third kappa shape index (κ3) is 4.88. The van der Waals surface area contributed by atoms with Crippen LogP contribution in [0.4, 0.5) is 0 Å². The smallest absolute Gasteiger partial charge is 0.179 e. The zero-order valence-corrected chi connectivity index (χ0v) is 13.7. The first-order valence-electron chi connectivity index (χ1n) is 7.26. The summed E-state index contributed by atoms with van der Waals surface area (Å²) in [4.78, 5) is 0. The van der Waals surface area contributed by atoms with E-state index in [2.05, 4.69) is 13.8 Å². The van der Waals surface area contributed by atoms with E-state index in [-0.39, 0.29) is 6.04 Å². The first-order valence-corrected chi connectivity index (χ1v) is 7.64. The number of benzene rings is 1. The Kier molecular flexibility index (Phi) is 7.17. The summed E-state index contributed by atoms with van der Waals surface area (Å²) in [6.07, 6.45) is 2.96. The van der Waals surface area contributed by atoms with E-state index in [0.29, 0.717) is 29.0 Å². The molecule has 0 spiro atoms. The van der Waals surface area contributed by atoms with Crippen molar-refractivity contribution in [2.45, 2.75) is 46.1 Å². The van der Waals surface area contributed by atoms with E-state index in [4.69, 9.17) is 26.8 Å². The topological polar surface area (TPSA) is 44.5 Å². The first kappa shape index (κ1) is 17.1. The fraction of sp³-hybridized carbons (Fsp3) is 0.625. The second-order valence-corrected chi connectivity index (χ2v) is 5.69. The minimum atomic E-state index is 0.0899. The lowest BCUT2D eigenvalue weighted by Crippen LogP contribution is -2.18. The van der Waals surface area contributed by atoms with Crippen LogP contribution in [-0.4, -0.2) is 19.8 Å². The Bertz CT molecular complexity index is 417. The number of methoxy groups -OCH3 is 1. The van der Waals surface area contributed by atoms with Crippen molar-refractivity contribution in [2.24, 2.45) is 11.7 Å². The molecule has 0 saturated carbocycles. The normalized spacial score (nSPS) is 12.6. The zero-order valence-electron chi connectivity index (χ0n) is 12.9. The molecule has 114 valence electrons. The molecule has 0 aromatic heterocycles. The lowest BCUT2D eigenvalue weighted by atomic mass is 10.1. The van der Waals surface area contributed by atoms with Crippen LogP contribution in [0, 0.1) is 5.92 Å². The number of hydrogen-bond donors (Lipinski definition) is 1. The van der Waals surface area contributed by atoms with Crippen molar-refractivity contribution in [2.75, 3.05) is 13.7 Å². The van der Waals surface area contributed by atoms with Gasteiger partial charge in [0.25, 0.3) is 0 Å². The van der Waals surface area contributed by atoms with Crippen LogP contribution in [0.15, 0.2) is 12.1 Å². The molecule has 0 fully saturated rings. The molecule has 0 amide bonds. The molecule has 0 aliphatic carbocycles. The zero-order chi connectivity index (χ0) is 15.1. The van der Waals surface area contributed by atoms with Crippen LogP contribution in [-0.2, 0) is 6.42 Å².